The summed E-state index contributed by atoms with van der Waals surface area (Å²) in [6.07, 6.45) is 6.59. The maximum Gasteiger partial charge on any atom is 0.261 e. The second kappa shape index (κ2) is 10.1. The largest absolute Gasteiger partial charge is 0.362 e. The summed E-state index contributed by atoms with van der Waals surface area (Å²) in [5.41, 5.74) is 1.67. The number of nitrogens with zero attached hydrogens (tertiary/aromatic N) is 3. The first-order valence-corrected chi connectivity index (χ1v) is 12.2. The molecule has 0 radical (unpaired) electrons. The zero-order valence-corrected chi connectivity index (χ0v) is 19.6. The van der Waals surface area contributed by atoms with E-state index in [1.54, 1.807) is 0 Å². The number of nitrogens with one attached hydrogen (secondary N) is 2. The highest BCUT2D eigenvalue weighted by Gasteiger charge is 2.21. The molecule has 0 amide bonds. The van der Waals surface area contributed by atoms with E-state index in [9.17, 15) is 4.79 Å². The highest BCUT2D eigenvalue weighted by atomic mass is 32.1. The Kier molecular flexibility index (Phi) is 7.23. The first-order valence-electron chi connectivity index (χ1n) is 11.8. The zero-order valence-electron chi connectivity index (χ0n) is 18.8. The molecular weight excluding hydrogens is 406 g/mol. The van der Waals surface area contributed by atoms with Crippen LogP contribution in [0.5, 0.6) is 0 Å². The van der Waals surface area contributed by atoms with Crippen LogP contribution in [-0.2, 0) is 13.0 Å². The second-order valence-corrected chi connectivity index (χ2v) is 9.88. The SMILES string of the molecule is C[C@@H]1C[C@H](C)CN(CCCNC(=S)Nc2ccc3nc4n(c(=O)c3c2)CCCCC4)C1. The number of rotatable bonds is 5. The Morgan fingerprint density at radius 1 is 1.19 bits per heavy atom. The fourth-order valence-corrected chi connectivity index (χ4v) is 5.37. The summed E-state index contributed by atoms with van der Waals surface area (Å²) in [6.45, 7) is 9.83. The van der Waals surface area contributed by atoms with Crippen LogP contribution in [-0.4, -0.2) is 45.7 Å². The average molecular weight is 442 g/mol. The molecule has 2 aliphatic rings. The molecule has 7 heteroatoms. The molecule has 2 aromatic rings. The summed E-state index contributed by atoms with van der Waals surface area (Å²) in [5, 5.41) is 7.80. The number of thiocarbonyl (C=S) groups is 1. The molecule has 168 valence electrons. The van der Waals surface area contributed by atoms with Crippen molar-refractivity contribution in [1.82, 2.24) is 19.8 Å². The van der Waals surface area contributed by atoms with Crippen molar-refractivity contribution in [3.8, 4) is 0 Å². The maximum atomic E-state index is 13.0. The third-order valence-corrected chi connectivity index (χ3v) is 6.70. The standard InChI is InChI=1S/C24H35N5OS/c1-17-13-18(2)16-28(15-17)11-6-10-25-24(31)26-19-8-9-21-20(14-19)23(30)29-12-5-3-4-7-22(29)27-21/h8-9,14,17-18H,3-7,10-13,15-16H2,1-2H3,(H2,25,26,31)/t17-,18+. The molecule has 31 heavy (non-hydrogen) atoms. The predicted octanol–water partition coefficient (Wildman–Crippen LogP) is 3.78. The van der Waals surface area contributed by atoms with Gasteiger partial charge in [-0.3, -0.25) is 9.36 Å². The lowest BCUT2D eigenvalue weighted by molar-refractivity contribution is 0.140. The van der Waals surface area contributed by atoms with Gasteiger partial charge in [0.25, 0.3) is 5.56 Å². The van der Waals surface area contributed by atoms with E-state index in [0.29, 0.717) is 10.5 Å². The van der Waals surface area contributed by atoms with Crippen LogP contribution in [0.15, 0.2) is 23.0 Å². The molecule has 0 unspecified atom stereocenters. The van der Waals surface area contributed by atoms with E-state index in [1.165, 1.54) is 19.5 Å². The number of aromatic nitrogens is 2. The number of aryl methyl sites for hydroxylation is 1. The van der Waals surface area contributed by atoms with Gasteiger partial charge in [0, 0.05) is 38.3 Å². The molecule has 0 bridgehead atoms. The lowest BCUT2D eigenvalue weighted by atomic mass is 9.92. The van der Waals surface area contributed by atoms with Gasteiger partial charge in [-0.05, 0) is 74.5 Å². The molecule has 6 nitrogen and oxygen atoms in total. The molecule has 2 N–H and O–H groups in total. The Bertz CT molecular complexity index is 978. The fourth-order valence-electron chi connectivity index (χ4n) is 5.15. The summed E-state index contributed by atoms with van der Waals surface area (Å²) in [6, 6.07) is 5.76. The van der Waals surface area contributed by atoms with Gasteiger partial charge < -0.3 is 15.5 Å². The van der Waals surface area contributed by atoms with Gasteiger partial charge in [-0.2, -0.15) is 0 Å². The monoisotopic (exact) mass is 441 g/mol. The topological polar surface area (TPSA) is 62.2 Å². The number of fused-ring (bicyclic) bond motifs is 2. The van der Waals surface area contributed by atoms with Crippen LogP contribution in [0.25, 0.3) is 10.9 Å². The third kappa shape index (κ3) is 5.63. The summed E-state index contributed by atoms with van der Waals surface area (Å²) >= 11 is 5.48. The molecule has 1 aromatic carbocycles. The number of benzene rings is 1. The van der Waals surface area contributed by atoms with Gasteiger partial charge >= 0.3 is 0 Å². The van der Waals surface area contributed by atoms with Gasteiger partial charge in [0.15, 0.2) is 5.11 Å². The molecule has 0 spiro atoms. The van der Waals surface area contributed by atoms with Crippen molar-refractivity contribution < 1.29 is 0 Å². The van der Waals surface area contributed by atoms with Crippen molar-refractivity contribution in [3.05, 3.63) is 34.4 Å². The van der Waals surface area contributed by atoms with Crippen LogP contribution in [0.3, 0.4) is 0 Å². The van der Waals surface area contributed by atoms with Gasteiger partial charge in [-0.15, -0.1) is 0 Å². The number of piperidine rings is 1. The van der Waals surface area contributed by atoms with E-state index < -0.39 is 0 Å². The van der Waals surface area contributed by atoms with E-state index >= 15 is 0 Å². The van der Waals surface area contributed by atoms with Crippen LogP contribution < -0.4 is 16.2 Å². The van der Waals surface area contributed by atoms with Crippen LogP contribution >= 0.6 is 12.2 Å². The summed E-state index contributed by atoms with van der Waals surface area (Å²) < 4.78 is 1.86. The van der Waals surface area contributed by atoms with Crippen LogP contribution in [0.4, 0.5) is 5.69 Å². The van der Waals surface area contributed by atoms with Crippen LogP contribution in [0, 0.1) is 11.8 Å². The Morgan fingerprint density at radius 2 is 2.00 bits per heavy atom. The lowest BCUT2D eigenvalue weighted by Gasteiger charge is -2.35. The van der Waals surface area contributed by atoms with Crippen LogP contribution in [0.1, 0.15) is 51.8 Å². The van der Waals surface area contributed by atoms with E-state index in [2.05, 4.69) is 29.4 Å². The summed E-state index contributed by atoms with van der Waals surface area (Å²) in [5.74, 6) is 2.51. The third-order valence-electron chi connectivity index (χ3n) is 6.45. The number of likely N-dealkylation sites (tertiary alicyclic amines) is 1. The quantitative estimate of drug-likeness (QED) is 0.544. The van der Waals surface area contributed by atoms with Crippen molar-refractivity contribution in [2.45, 2.75) is 58.9 Å². The van der Waals surface area contributed by atoms with E-state index in [4.69, 9.17) is 17.2 Å². The van der Waals surface area contributed by atoms with Gasteiger partial charge in [-0.25, -0.2) is 4.98 Å². The van der Waals surface area contributed by atoms with Gasteiger partial charge in [-0.1, -0.05) is 20.3 Å². The number of hydrogen-bond acceptors (Lipinski definition) is 4. The van der Waals surface area contributed by atoms with Crippen molar-refractivity contribution in [1.29, 1.82) is 0 Å². The first-order chi connectivity index (χ1) is 15.0. The van der Waals surface area contributed by atoms with Crippen molar-refractivity contribution >= 4 is 33.9 Å². The molecule has 4 rings (SSSR count). The Labute approximate surface area is 190 Å². The molecule has 1 aromatic heterocycles. The minimum absolute atomic E-state index is 0.0643. The van der Waals surface area contributed by atoms with Gasteiger partial charge in [0.2, 0.25) is 0 Å². The summed E-state index contributed by atoms with van der Waals surface area (Å²) in [4.78, 5) is 20.3. The lowest BCUT2D eigenvalue weighted by Crippen LogP contribution is -2.40. The Morgan fingerprint density at radius 3 is 2.81 bits per heavy atom. The summed E-state index contributed by atoms with van der Waals surface area (Å²) in [7, 11) is 0. The van der Waals surface area contributed by atoms with Gasteiger partial charge in [0.05, 0.1) is 10.9 Å². The van der Waals surface area contributed by atoms with E-state index in [0.717, 1.165) is 80.6 Å². The predicted molar refractivity (Wildman–Crippen MR) is 132 cm³/mol. The smallest absolute Gasteiger partial charge is 0.261 e. The Hall–Kier alpha value is -1.99. The molecule has 2 aliphatic heterocycles. The Balaban J connectivity index is 1.32. The molecule has 0 aliphatic carbocycles. The highest BCUT2D eigenvalue weighted by molar-refractivity contribution is 7.80. The molecule has 1 saturated heterocycles. The highest BCUT2D eigenvalue weighted by Crippen LogP contribution is 2.21. The number of hydrogen-bond donors (Lipinski definition) is 2. The minimum atomic E-state index is 0.0643. The molecular formula is C24H35N5OS. The van der Waals surface area contributed by atoms with E-state index in [1.807, 2.05) is 22.8 Å². The van der Waals surface area contributed by atoms with Gasteiger partial charge in [0.1, 0.15) is 5.82 Å². The molecule has 3 heterocycles. The van der Waals surface area contributed by atoms with Crippen molar-refractivity contribution in [2.24, 2.45) is 11.8 Å². The molecule has 0 saturated carbocycles. The molecule has 2 atom stereocenters. The van der Waals surface area contributed by atoms with Crippen LogP contribution in [0.2, 0.25) is 0 Å². The average Bonchev–Trinajstić information content (AvgIpc) is 2.97. The first kappa shape index (κ1) is 22.2. The fraction of sp³-hybridized carbons (Fsp3) is 0.625. The normalized spacial score (nSPS) is 22.0. The molecule has 1 fully saturated rings. The second-order valence-electron chi connectivity index (χ2n) is 9.47. The zero-order chi connectivity index (χ0) is 21.8. The van der Waals surface area contributed by atoms with E-state index in [-0.39, 0.29) is 5.56 Å². The maximum absolute atomic E-state index is 13.0. The number of anilines is 1. The van der Waals surface area contributed by atoms with Crippen molar-refractivity contribution in [3.63, 3.8) is 0 Å². The van der Waals surface area contributed by atoms with Crippen molar-refractivity contribution in [2.75, 3.05) is 31.5 Å². The minimum Gasteiger partial charge on any atom is -0.362 e.